The van der Waals surface area contributed by atoms with Gasteiger partial charge < -0.3 is 4.42 Å². The number of sulfonamides is 1. The van der Waals surface area contributed by atoms with Gasteiger partial charge in [0.1, 0.15) is 16.3 Å². The van der Waals surface area contributed by atoms with E-state index in [9.17, 15) is 21.6 Å². The molecule has 0 unspecified atom stereocenters. The fourth-order valence-electron chi connectivity index (χ4n) is 1.91. The molecule has 0 fully saturated rings. The highest BCUT2D eigenvalue weighted by molar-refractivity contribution is 7.92. The largest absolute Gasteiger partial charge is 0.433 e. The van der Waals surface area contributed by atoms with Crippen LogP contribution in [-0.4, -0.2) is 33.4 Å². The number of pyridine rings is 1. The van der Waals surface area contributed by atoms with Gasteiger partial charge in [0, 0.05) is 18.9 Å². The van der Waals surface area contributed by atoms with Crippen LogP contribution < -0.4 is 4.72 Å². The molecule has 138 valence electrons. The van der Waals surface area contributed by atoms with Crippen molar-refractivity contribution >= 4 is 16.0 Å². The predicted octanol–water partition coefficient (Wildman–Crippen LogP) is 1.99. The molecule has 3 heterocycles. The number of halogens is 3. The van der Waals surface area contributed by atoms with E-state index >= 15 is 0 Å². The molecule has 3 aromatic heterocycles. The first-order valence-corrected chi connectivity index (χ1v) is 8.45. The van der Waals surface area contributed by atoms with Crippen LogP contribution in [0.2, 0.25) is 0 Å². The first kappa shape index (κ1) is 17.8. The number of nitrogens with one attached hydrogen (secondary N) is 1. The van der Waals surface area contributed by atoms with Crippen molar-refractivity contribution in [1.82, 2.24) is 25.0 Å². The van der Waals surface area contributed by atoms with Gasteiger partial charge in [-0.2, -0.15) is 18.3 Å². The van der Waals surface area contributed by atoms with Crippen LogP contribution in [0, 0.1) is 6.92 Å². The molecule has 0 amide bonds. The Hall–Kier alpha value is -2.96. The van der Waals surface area contributed by atoms with Crippen LogP contribution in [0.3, 0.4) is 0 Å². The second kappa shape index (κ2) is 6.09. The highest BCUT2D eigenvalue weighted by Gasteiger charge is 2.32. The quantitative estimate of drug-likeness (QED) is 0.727. The van der Waals surface area contributed by atoms with E-state index < -0.39 is 32.8 Å². The molecule has 0 radical (unpaired) electrons. The molecule has 0 saturated carbocycles. The zero-order valence-corrected chi connectivity index (χ0v) is 14.1. The topological polar surface area (TPSA) is 116 Å². The molecule has 13 heteroatoms. The smallest absolute Gasteiger partial charge is 0.401 e. The highest BCUT2D eigenvalue weighted by atomic mass is 32.2. The van der Waals surface area contributed by atoms with Crippen LogP contribution >= 0.6 is 0 Å². The molecule has 9 nitrogen and oxygen atoms in total. The molecule has 0 saturated heterocycles. The molecule has 3 rings (SSSR count). The number of aromatic nitrogens is 5. The van der Waals surface area contributed by atoms with E-state index in [4.69, 9.17) is 4.42 Å². The molecular formula is C13H11F3N6O3S. The van der Waals surface area contributed by atoms with E-state index in [-0.39, 0.29) is 5.89 Å². The molecule has 0 aromatic carbocycles. The molecule has 1 N–H and O–H groups in total. The zero-order chi connectivity index (χ0) is 19.1. The van der Waals surface area contributed by atoms with E-state index in [1.54, 1.807) is 24.7 Å². The normalized spacial score (nSPS) is 12.3. The summed E-state index contributed by atoms with van der Waals surface area (Å²) in [5.41, 5.74) is -0.0441. The standard InChI is InChI=1S/C13H11F3N6O3S/c1-7-5-9(20-22(7)2)11-18-19-12(25-11)21-26(23,24)8-3-4-10(17-6-8)13(14,15)16/h3-6H,1-2H3,(H,19,21). The van der Waals surface area contributed by atoms with Crippen LogP contribution in [0.1, 0.15) is 11.4 Å². The van der Waals surface area contributed by atoms with Gasteiger partial charge in [-0.25, -0.2) is 13.1 Å². The summed E-state index contributed by atoms with van der Waals surface area (Å²) >= 11 is 0. The number of alkyl halides is 3. The molecule has 0 aliphatic carbocycles. The van der Waals surface area contributed by atoms with Crippen molar-refractivity contribution in [3.05, 3.63) is 35.8 Å². The Morgan fingerprint density at radius 1 is 1.23 bits per heavy atom. The maximum atomic E-state index is 12.5. The summed E-state index contributed by atoms with van der Waals surface area (Å²) in [6.45, 7) is 1.80. The van der Waals surface area contributed by atoms with Gasteiger partial charge in [0.2, 0.25) is 0 Å². The monoisotopic (exact) mass is 388 g/mol. The summed E-state index contributed by atoms with van der Waals surface area (Å²) in [4.78, 5) is 2.61. The molecular weight excluding hydrogens is 377 g/mol. The van der Waals surface area contributed by atoms with Crippen molar-refractivity contribution in [2.45, 2.75) is 18.0 Å². The number of hydrogen-bond acceptors (Lipinski definition) is 7. The summed E-state index contributed by atoms with van der Waals surface area (Å²) < 4.78 is 70.6. The first-order chi connectivity index (χ1) is 12.1. The van der Waals surface area contributed by atoms with Crippen molar-refractivity contribution in [3.63, 3.8) is 0 Å². The lowest BCUT2D eigenvalue weighted by atomic mass is 10.3. The van der Waals surface area contributed by atoms with Gasteiger partial charge in [0.05, 0.1) is 0 Å². The predicted molar refractivity (Wildman–Crippen MR) is 81.3 cm³/mol. The van der Waals surface area contributed by atoms with Crippen molar-refractivity contribution in [2.24, 2.45) is 7.05 Å². The Balaban J connectivity index is 1.82. The fourth-order valence-corrected chi connectivity index (χ4v) is 2.78. The third-order valence-corrected chi connectivity index (χ3v) is 4.62. The van der Waals surface area contributed by atoms with Gasteiger partial charge in [-0.3, -0.25) is 9.67 Å². The Morgan fingerprint density at radius 3 is 2.50 bits per heavy atom. The maximum Gasteiger partial charge on any atom is 0.433 e. The highest BCUT2D eigenvalue weighted by Crippen LogP contribution is 2.28. The second-order valence-electron chi connectivity index (χ2n) is 5.19. The van der Waals surface area contributed by atoms with Gasteiger partial charge >= 0.3 is 12.2 Å². The number of hydrogen-bond donors (Lipinski definition) is 1. The minimum Gasteiger partial charge on any atom is -0.401 e. The van der Waals surface area contributed by atoms with E-state index in [2.05, 4.69) is 20.3 Å². The van der Waals surface area contributed by atoms with Gasteiger partial charge in [0.15, 0.2) is 0 Å². The molecule has 3 aromatic rings. The van der Waals surface area contributed by atoms with Crippen molar-refractivity contribution in [2.75, 3.05) is 4.72 Å². The van der Waals surface area contributed by atoms with E-state index in [1.165, 1.54) is 0 Å². The summed E-state index contributed by atoms with van der Waals surface area (Å²) in [6, 6.07) is 2.54. The number of rotatable bonds is 4. The minimum absolute atomic E-state index is 0.0167. The molecule has 26 heavy (non-hydrogen) atoms. The number of anilines is 1. The van der Waals surface area contributed by atoms with E-state index in [0.717, 1.165) is 11.8 Å². The third kappa shape index (κ3) is 3.51. The number of nitrogens with zero attached hydrogens (tertiary/aromatic N) is 5. The Morgan fingerprint density at radius 2 is 1.96 bits per heavy atom. The van der Waals surface area contributed by atoms with Crippen molar-refractivity contribution in [1.29, 1.82) is 0 Å². The summed E-state index contributed by atoms with van der Waals surface area (Å²) in [7, 11) is -2.54. The Labute approximate surface area is 144 Å². The van der Waals surface area contributed by atoms with Crippen LogP contribution in [0.4, 0.5) is 19.2 Å². The van der Waals surface area contributed by atoms with Gasteiger partial charge in [-0.15, -0.1) is 5.10 Å². The first-order valence-electron chi connectivity index (χ1n) is 6.97. The average Bonchev–Trinajstić information content (AvgIpc) is 3.13. The van der Waals surface area contributed by atoms with Gasteiger partial charge in [0.25, 0.3) is 15.9 Å². The lowest BCUT2D eigenvalue weighted by Crippen LogP contribution is -2.15. The van der Waals surface area contributed by atoms with Crippen LogP contribution in [0.15, 0.2) is 33.7 Å². The van der Waals surface area contributed by atoms with E-state index in [1.807, 2.05) is 4.72 Å². The zero-order valence-electron chi connectivity index (χ0n) is 13.3. The van der Waals surface area contributed by atoms with Gasteiger partial charge in [-0.05, 0) is 25.1 Å². The fraction of sp³-hybridized carbons (Fsp3) is 0.231. The molecule has 0 bridgehead atoms. The molecule has 0 atom stereocenters. The van der Waals surface area contributed by atoms with Gasteiger partial charge in [-0.1, -0.05) is 5.10 Å². The average molecular weight is 388 g/mol. The minimum atomic E-state index is -4.67. The lowest BCUT2D eigenvalue weighted by Gasteiger charge is -2.07. The van der Waals surface area contributed by atoms with Crippen molar-refractivity contribution < 1.29 is 26.0 Å². The Kier molecular flexibility index (Phi) is 4.18. The SMILES string of the molecule is Cc1cc(-c2nnc(NS(=O)(=O)c3ccc(C(F)(F)F)nc3)o2)nn1C. The second-order valence-corrected chi connectivity index (χ2v) is 6.87. The van der Waals surface area contributed by atoms with Crippen LogP contribution in [0.25, 0.3) is 11.6 Å². The maximum absolute atomic E-state index is 12.5. The van der Waals surface area contributed by atoms with E-state index in [0.29, 0.717) is 18.0 Å². The van der Waals surface area contributed by atoms with Crippen LogP contribution in [0.5, 0.6) is 0 Å². The molecule has 0 aliphatic rings. The third-order valence-electron chi connectivity index (χ3n) is 3.32. The Bertz CT molecular complexity index is 1020. The summed E-state index contributed by atoms with van der Waals surface area (Å²) in [6.07, 6.45) is -4.08. The lowest BCUT2D eigenvalue weighted by molar-refractivity contribution is -0.141. The molecule has 0 spiro atoms. The summed E-state index contributed by atoms with van der Waals surface area (Å²) in [5.74, 6) is -0.0167. The van der Waals surface area contributed by atoms with Crippen LogP contribution in [-0.2, 0) is 23.2 Å². The number of aryl methyl sites for hydroxylation is 2. The summed E-state index contributed by atoms with van der Waals surface area (Å²) in [5, 5.41) is 11.3. The molecule has 0 aliphatic heterocycles. The van der Waals surface area contributed by atoms with Crippen molar-refractivity contribution in [3.8, 4) is 11.6 Å².